The minimum absolute atomic E-state index is 0.346. The lowest BCUT2D eigenvalue weighted by molar-refractivity contribution is -0.128. The lowest BCUT2D eigenvalue weighted by atomic mass is 10.1. The smallest absolute Gasteiger partial charge is 0.222 e. The number of hydrogen-bond acceptors (Lipinski definition) is 2. The van der Waals surface area contributed by atoms with Gasteiger partial charge in [-0.05, 0) is 31.7 Å². The van der Waals surface area contributed by atoms with Crippen LogP contribution in [0.3, 0.4) is 0 Å². The highest BCUT2D eigenvalue weighted by atomic mass is 16.2. The summed E-state index contributed by atoms with van der Waals surface area (Å²) in [6.07, 6.45) is 3.42. The molecule has 1 saturated heterocycles. The molecule has 1 aliphatic heterocycles. The summed E-state index contributed by atoms with van der Waals surface area (Å²) >= 11 is 0. The monoisotopic (exact) mass is 196 g/mol. The molecule has 80 valence electrons. The van der Waals surface area contributed by atoms with Crippen molar-refractivity contribution < 1.29 is 4.79 Å². The fraction of sp³-hybridized carbons (Fsp3) is 0.909. The maximum Gasteiger partial charge on any atom is 0.222 e. The van der Waals surface area contributed by atoms with E-state index in [1.54, 1.807) is 0 Å². The molecule has 1 amide bonds. The van der Waals surface area contributed by atoms with E-state index < -0.39 is 0 Å². The lowest BCUT2D eigenvalue weighted by Crippen LogP contribution is -2.41. The molecule has 2 unspecified atom stereocenters. The molecule has 0 aromatic heterocycles. The number of carbonyl (C=O) groups is 1. The van der Waals surface area contributed by atoms with Crippen molar-refractivity contribution in [1.29, 1.82) is 0 Å². The SMILES string of the molecule is CNC(CN1CC(C)CC1=O)C1CC1. The van der Waals surface area contributed by atoms with E-state index in [0.717, 1.165) is 25.4 Å². The van der Waals surface area contributed by atoms with Gasteiger partial charge in [0.05, 0.1) is 0 Å². The molecule has 3 heteroatoms. The first-order chi connectivity index (χ1) is 6.70. The van der Waals surface area contributed by atoms with Crippen LogP contribution in [0.2, 0.25) is 0 Å². The standard InChI is InChI=1S/C11H20N2O/c1-8-5-11(14)13(6-8)7-10(12-2)9-3-4-9/h8-10,12H,3-7H2,1-2H3. The van der Waals surface area contributed by atoms with Crippen LogP contribution < -0.4 is 5.32 Å². The summed E-state index contributed by atoms with van der Waals surface area (Å²) in [6, 6.07) is 0.532. The van der Waals surface area contributed by atoms with Gasteiger partial charge in [0.2, 0.25) is 5.91 Å². The van der Waals surface area contributed by atoms with Gasteiger partial charge < -0.3 is 10.2 Å². The number of rotatable bonds is 4. The van der Waals surface area contributed by atoms with Gasteiger partial charge in [-0.3, -0.25) is 4.79 Å². The molecule has 3 nitrogen and oxygen atoms in total. The molecule has 2 rings (SSSR count). The Kier molecular flexibility index (Phi) is 2.77. The summed E-state index contributed by atoms with van der Waals surface area (Å²) in [6.45, 7) is 4.04. The molecule has 2 atom stereocenters. The zero-order valence-corrected chi connectivity index (χ0v) is 9.12. The van der Waals surface area contributed by atoms with Crippen LogP contribution in [-0.4, -0.2) is 37.0 Å². The highest BCUT2D eigenvalue weighted by molar-refractivity contribution is 5.78. The predicted molar refractivity (Wildman–Crippen MR) is 55.9 cm³/mol. The van der Waals surface area contributed by atoms with E-state index >= 15 is 0 Å². The van der Waals surface area contributed by atoms with Gasteiger partial charge in [0.15, 0.2) is 0 Å². The fourth-order valence-electron chi connectivity index (χ4n) is 2.36. The van der Waals surface area contributed by atoms with Crippen LogP contribution in [0.4, 0.5) is 0 Å². The third-order valence-electron chi connectivity index (χ3n) is 3.39. The molecule has 0 spiro atoms. The summed E-state index contributed by atoms with van der Waals surface area (Å²) in [7, 11) is 2.01. The van der Waals surface area contributed by atoms with Crippen LogP contribution in [-0.2, 0) is 4.79 Å². The number of hydrogen-bond donors (Lipinski definition) is 1. The largest absolute Gasteiger partial charge is 0.341 e. The van der Waals surface area contributed by atoms with E-state index in [1.165, 1.54) is 12.8 Å². The van der Waals surface area contributed by atoms with Gasteiger partial charge in [-0.2, -0.15) is 0 Å². The van der Waals surface area contributed by atoms with Gasteiger partial charge in [0.25, 0.3) is 0 Å². The van der Waals surface area contributed by atoms with Crippen LogP contribution in [0, 0.1) is 11.8 Å². The molecule has 0 aromatic carbocycles. The van der Waals surface area contributed by atoms with Crippen molar-refractivity contribution in [2.45, 2.75) is 32.2 Å². The van der Waals surface area contributed by atoms with E-state index in [4.69, 9.17) is 0 Å². The van der Waals surface area contributed by atoms with Crippen LogP contribution in [0.1, 0.15) is 26.2 Å². The van der Waals surface area contributed by atoms with Crippen molar-refractivity contribution in [3.63, 3.8) is 0 Å². The Bertz CT molecular complexity index is 225. The van der Waals surface area contributed by atoms with Crippen molar-refractivity contribution in [3.8, 4) is 0 Å². The first kappa shape index (κ1) is 9.97. The lowest BCUT2D eigenvalue weighted by Gasteiger charge is -2.23. The van der Waals surface area contributed by atoms with E-state index in [2.05, 4.69) is 12.2 Å². The maximum atomic E-state index is 11.6. The Morgan fingerprint density at radius 3 is 2.71 bits per heavy atom. The van der Waals surface area contributed by atoms with Gasteiger partial charge in [-0.15, -0.1) is 0 Å². The molecule has 1 aliphatic carbocycles. The van der Waals surface area contributed by atoms with Gasteiger partial charge in [0.1, 0.15) is 0 Å². The Balaban J connectivity index is 1.86. The molecule has 2 aliphatic rings. The number of likely N-dealkylation sites (tertiary alicyclic amines) is 1. The maximum absolute atomic E-state index is 11.6. The molecule has 14 heavy (non-hydrogen) atoms. The highest BCUT2D eigenvalue weighted by Crippen LogP contribution is 2.33. The van der Waals surface area contributed by atoms with Crippen molar-refractivity contribution in [3.05, 3.63) is 0 Å². The van der Waals surface area contributed by atoms with Gasteiger partial charge in [-0.25, -0.2) is 0 Å². The third-order valence-corrected chi connectivity index (χ3v) is 3.39. The summed E-state index contributed by atoms with van der Waals surface area (Å²) in [5.41, 5.74) is 0. The van der Waals surface area contributed by atoms with E-state index in [-0.39, 0.29) is 0 Å². The van der Waals surface area contributed by atoms with Crippen molar-refractivity contribution in [1.82, 2.24) is 10.2 Å². The van der Waals surface area contributed by atoms with Crippen LogP contribution in [0.25, 0.3) is 0 Å². The molecule has 1 heterocycles. The number of amides is 1. The number of nitrogens with one attached hydrogen (secondary N) is 1. The third kappa shape index (κ3) is 2.08. The zero-order chi connectivity index (χ0) is 10.1. The Labute approximate surface area is 85.8 Å². The molecule has 2 fully saturated rings. The number of likely N-dealkylation sites (N-methyl/N-ethyl adjacent to an activating group) is 1. The molecule has 0 radical (unpaired) electrons. The minimum atomic E-state index is 0.346. The Morgan fingerprint density at radius 1 is 1.57 bits per heavy atom. The Morgan fingerprint density at radius 2 is 2.29 bits per heavy atom. The van der Waals surface area contributed by atoms with Gasteiger partial charge >= 0.3 is 0 Å². The van der Waals surface area contributed by atoms with Crippen LogP contribution >= 0.6 is 0 Å². The summed E-state index contributed by atoms with van der Waals surface area (Å²) in [5.74, 6) is 1.72. The highest BCUT2D eigenvalue weighted by Gasteiger charge is 2.34. The number of carbonyl (C=O) groups excluding carboxylic acids is 1. The first-order valence-corrected chi connectivity index (χ1v) is 5.65. The normalized spacial score (nSPS) is 29.7. The van der Waals surface area contributed by atoms with Gasteiger partial charge in [0, 0.05) is 25.6 Å². The summed E-state index contributed by atoms with van der Waals surface area (Å²) < 4.78 is 0. The van der Waals surface area contributed by atoms with E-state index in [9.17, 15) is 4.79 Å². The quantitative estimate of drug-likeness (QED) is 0.723. The number of nitrogens with zero attached hydrogens (tertiary/aromatic N) is 1. The molecule has 0 bridgehead atoms. The fourth-order valence-corrected chi connectivity index (χ4v) is 2.36. The second kappa shape index (κ2) is 3.89. The van der Waals surface area contributed by atoms with E-state index in [1.807, 2.05) is 11.9 Å². The topological polar surface area (TPSA) is 32.3 Å². The molecule has 1 N–H and O–H groups in total. The molecule has 1 saturated carbocycles. The van der Waals surface area contributed by atoms with Crippen molar-refractivity contribution in [2.75, 3.05) is 20.1 Å². The predicted octanol–water partition coefficient (Wildman–Crippen LogP) is 0.853. The first-order valence-electron chi connectivity index (χ1n) is 5.65. The molecule has 0 aromatic rings. The molecular weight excluding hydrogens is 176 g/mol. The van der Waals surface area contributed by atoms with Crippen LogP contribution in [0.15, 0.2) is 0 Å². The van der Waals surface area contributed by atoms with Crippen molar-refractivity contribution in [2.24, 2.45) is 11.8 Å². The average molecular weight is 196 g/mol. The second-order valence-corrected chi connectivity index (χ2v) is 4.84. The van der Waals surface area contributed by atoms with Gasteiger partial charge in [-0.1, -0.05) is 6.92 Å². The molecular formula is C11H20N2O. The zero-order valence-electron chi connectivity index (χ0n) is 9.12. The second-order valence-electron chi connectivity index (χ2n) is 4.84. The summed E-state index contributed by atoms with van der Waals surface area (Å²) in [4.78, 5) is 13.6. The minimum Gasteiger partial charge on any atom is -0.341 e. The average Bonchev–Trinajstić information content (AvgIpc) is 2.91. The van der Waals surface area contributed by atoms with Crippen molar-refractivity contribution >= 4 is 5.91 Å². The summed E-state index contributed by atoms with van der Waals surface area (Å²) in [5, 5.41) is 3.33. The van der Waals surface area contributed by atoms with Crippen LogP contribution in [0.5, 0.6) is 0 Å². The van der Waals surface area contributed by atoms with E-state index in [0.29, 0.717) is 17.9 Å². The Hall–Kier alpha value is -0.570.